The van der Waals surface area contributed by atoms with E-state index in [0.29, 0.717) is 12.0 Å². The van der Waals surface area contributed by atoms with Gasteiger partial charge in [0.25, 0.3) is 0 Å². The predicted octanol–water partition coefficient (Wildman–Crippen LogP) is 3.49. The van der Waals surface area contributed by atoms with Crippen LogP contribution in [0.1, 0.15) is 46.0 Å². The van der Waals surface area contributed by atoms with Crippen LogP contribution in [0.3, 0.4) is 0 Å². The molecule has 1 heterocycles. The highest BCUT2D eigenvalue weighted by atomic mass is 15.1. The molecular formula is C14H23N3. The van der Waals surface area contributed by atoms with Gasteiger partial charge in [-0.25, -0.2) is 9.97 Å². The molecule has 1 aromatic heterocycles. The van der Waals surface area contributed by atoms with Gasteiger partial charge in [-0.15, -0.1) is 0 Å². The topological polar surface area (TPSA) is 37.8 Å². The van der Waals surface area contributed by atoms with E-state index in [4.69, 9.17) is 0 Å². The predicted molar refractivity (Wildman–Crippen MR) is 70.9 cm³/mol. The minimum Gasteiger partial charge on any atom is -0.351 e. The van der Waals surface area contributed by atoms with Gasteiger partial charge in [0.05, 0.1) is 0 Å². The number of nitrogens with one attached hydrogen (secondary N) is 1. The molecule has 3 heteroatoms. The average Bonchev–Trinajstić information content (AvgIpc) is 2.40. The van der Waals surface area contributed by atoms with Crippen molar-refractivity contribution in [2.45, 2.75) is 52.0 Å². The van der Waals surface area contributed by atoms with Gasteiger partial charge >= 0.3 is 0 Å². The maximum Gasteiger partial charge on any atom is 0.222 e. The Bertz CT molecular complexity index is 319. The number of hydrogen-bond donors (Lipinski definition) is 1. The van der Waals surface area contributed by atoms with Crippen LogP contribution in [-0.2, 0) is 0 Å². The van der Waals surface area contributed by atoms with Crippen LogP contribution in [0, 0.1) is 11.8 Å². The van der Waals surface area contributed by atoms with Gasteiger partial charge in [0.2, 0.25) is 5.95 Å². The molecule has 3 nitrogen and oxygen atoms in total. The molecule has 1 saturated carbocycles. The lowest BCUT2D eigenvalue weighted by atomic mass is 9.78. The zero-order valence-corrected chi connectivity index (χ0v) is 10.9. The number of rotatable bonds is 4. The first-order valence-corrected chi connectivity index (χ1v) is 6.81. The van der Waals surface area contributed by atoms with E-state index in [-0.39, 0.29) is 0 Å². The highest BCUT2D eigenvalue weighted by molar-refractivity contribution is 5.24. The minimum atomic E-state index is 0.445. The van der Waals surface area contributed by atoms with Gasteiger partial charge in [-0.1, -0.05) is 39.0 Å². The molecule has 1 fully saturated rings. The summed E-state index contributed by atoms with van der Waals surface area (Å²) >= 11 is 0. The summed E-state index contributed by atoms with van der Waals surface area (Å²) in [7, 11) is 0. The highest BCUT2D eigenvalue weighted by Crippen LogP contribution is 2.32. The summed E-state index contributed by atoms with van der Waals surface area (Å²) in [5.41, 5.74) is 0. The molecule has 0 amide bonds. The monoisotopic (exact) mass is 233 g/mol. The lowest BCUT2D eigenvalue weighted by molar-refractivity contribution is 0.245. The average molecular weight is 233 g/mol. The van der Waals surface area contributed by atoms with Gasteiger partial charge < -0.3 is 5.32 Å². The number of nitrogens with zero attached hydrogens (tertiary/aromatic N) is 2. The van der Waals surface area contributed by atoms with Gasteiger partial charge in [-0.05, 0) is 24.8 Å². The molecule has 1 aliphatic rings. The van der Waals surface area contributed by atoms with Gasteiger partial charge in [0, 0.05) is 18.4 Å². The van der Waals surface area contributed by atoms with Gasteiger partial charge in [-0.2, -0.15) is 0 Å². The third-order valence-corrected chi connectivity index (χ3v) is 4.10. The van der Waals surface area contributed by atoms with Crippen molar-refractivity contribution < 1.29 is 0 Å². The number of aromatic nitrogens is 2. The Morgan fingerprint density at radius 3 is 2.41 bits per heavy atom. The Labute approximate surface area is 104 Å². The highest BCUT2D eigenvalue weighted by Gasteiger charge is 2.24. The molecule has 2 rings (SSSR count). The lowest BCUT2D eigenvalue weighted by Crippen LogP contribution is -2.31. The van der Waals surface area contributed by atoms with Gasteiger partial charge in [0.1, 0.15) is 0 Å². The molecule has 1 N–H and O–H groups in total. The summed E-state index contributed by atoms with van der Waals surface area (Å²) in [4.78, 5) is 8.45. The molecular weight excluding hydrogens is 210 g/mol. The second-order valence-electron chi connectivity index (χ2n) is 5.26. The first kappa shape index (κ1) is 12.3. The maximum atomic E-state index is 4.22. The van der Waals surface area contributed by atoms with Crippen LogP contribution in [0.5, 0.6) is 0 Å². The summed E-state index contributed by atoms with van der Waals surface area (Å²) in [5, 5.41) is 3.42. The van der Waals surface area contributed by atoms with E-state index in [9.17, 15) is 0 Å². The minimum absolute atomic E-state index is 0.445. The first-order valence-electron chi connectivity index (χ1n) is 6.81. The van der Waals surface area contributed by atoms with E-state index in [0.717, 1.165) is 11.9 Å². The van der Waals surface area contributed by atoms with Crippen LogP contribution in [0.25, 0.3) is 0 Å². The van der Waals surface area contributed by atoms with Crippen molar-refractivity contribution in [2.24, 2.45) is 11.8 Å². The van der Waals surface area contributed by atoms with Gasteiger partial charge in [0.15, 0.2) is 0 Å². The SMILES string of the molecule is CC(Nc1ncccn1)C(C)C1CCCCC1. The molecule has 1 aromatic rings. The van der Waals surface area contributed by atoms with E-state index in [1.54, 1.807) is 12.4 Å². The summed E-state index contributed by atoms with van der Waals surface area (Å²) < 4.78 is 0. The van der Waals surface area contributed by atoms with E-state index in [1.807, 2.05) is 6.07 Å². The number of anilines is 1. The fraction of sp³-hybridized carbons (Fsp3) is 0.714. The van der Waals surface area contributed by atoms with E-state index < -0.39 is 0 Å². The summed E-state index contributed by atoms with van der Waals surface area (Å²) in [5.74, 6) is 2.32. The summed E-state index contributed by atoms with van der Waals surface area (Å²) in [6.07, 6.45) is 10.6. The fourth-order valence-corrected chi connectivity index (χ4v) is 2.78. The van der Waals surface area contributed by atoms with Crippen LogP contribution in [-0.4, -0.2) is 16.0 Å². The van der Waals surface area contributed by atoms with Crippen LogP contribution in [0.4, 0.5) is 5.95 Å². The van der Waals surface area contributed by atoms with Crippen molar-refractivity contribution in [3.63, 3.8) is 0 Å². The molecule has 17 heavy (non-hydrogen) atoms. The third kappa shape index (κ3) is 3.42. The summed E-state index contributed by atoms with van der Waals surface area (Å²) in [6.45, 7) is 4.60. The maximum absolute atomic E-state index is 4.22. The van der Waals surface area contributed by atoms with Crippen molar-refractivity contribution in [1.29, 1.82) is 0 Å². The fourth-order valence-electron chi connectivity index (χ4n) is 2.78. The van der Waals surface area contributed by atoms with Crippen LogP contribution >= 0.6 is 0 Å². The molecule has 0 spiro atoms. The van der Waals surface area contributed by atoms with Crippen molar-refractivity contribution in [1.82, 2.24) is 9.97 Å². The molecule has 1 aliphatic carbocycles. The zero-order chi connectivity index (χ0) is 12.1. The Morgan fingerprint density at radius 2 is 1.76 bits per heavy atom. The Kier molecular flexibility index (Phi) is 4.35. The normalized spacial score (nSPS) is 20.8. The van der Waals surface area contributed by atoms with E-state index >= 15 is 0 Å². The van der Waals surface area contributed by atoms with E-state index in [2.05, 4.69) is 29.1 Å². The zero-order valence-electron chi connectivity index (χ0n) is 10.9. The Balaban J connectivity index is 1.88. The molecule has 0 aliphatic heterocycles. The molecule has 0 radical (unpaired) electrons. The largest absolute Gasteiger partial charge is 0.351 e. The third-order valence-electron chi connectivity index (χ3n) is 4.10. The van der Waals surface area contributed by atoms with Crippen molar-refractivity contribution in [3.05, 3.63) is 18.5 Å². The van der Waals surface area contributed by atoms with Crippen LogP contribution in [0.2, 0.25) is 0 Å². The van der Waals surface area contributed by atoms with Crippen LogP contribution in [0.15, 0.2) is 18.5 Å². The second kappa shape index (κ2) is 5.99. The molecule has 2 atom stereocenters. The van der Waals surface area contributed by atoms with Crippen molar-refractivity contribution in [3.8, 4) is 0 Å². The Morgan fingerprint density at radius 1 is 1.12 bits per heavy atom. The van der Waals surface area contributed by atoms with E-state index in [1.165, 1.54) is 32.1 Å². The first-order chi connectivity index (χ1) is 8.27. The molecule has 0 bridgehead atoms. The molecule has 0 aromatic carbocycles. The lowest BCUT2D eigenvalue weighted by Gasteiger charge is -2.32. The molecule has 2 unspecified atom stereocenters. The van der Waals surface area contributed by atoms with Crippen molar-refractivity contribution >= 4 is 5.95 Å². The van der Waals surface area contributed by atoms with Crippen LogP contribution < -0.4 is 5.32 Å². The molecule has 0 saturated heterocycles. The summed E-state index contributed by atoms with van der Waals surface area (Å²) in [6, 6.07) is 2.29. The van der Waals surface area contributed by atoms with Gasteiger partial charge in [-0.3, -0.25) is 0 Å². The number of hydrogen-bond acceptors (Lipinski definition) is 3. The smallest absolute Gasteiger partial charge is 0.222 e. The second-order valence-corrected chi connectivity index (χ2v) is 5.26. The quantitative estimate of drug-likeness (QED) is 0.865. The molecule has 94 valence electrons. The Hall–Kier alpha value is -1.12. The standard InChI is InChI=1S/C14H23N3/c1-11(13-7-4-3-5-8-13)12(2)17-14-15-9-6-10-16-14/h6,9-13H,3-5,7-8H2,1-2H3,(H,15,16,17). The van der Waals surface area contributed by atoms with Crippen molar-refractivity contribution in [2.75, 3.05) is 5.32 Å².